The molecule has 2 rings (SSSR count). The molecule has 1 aromatic carbocycles. The van der Waals surface area contributed by atoms with Crippen LogP contribution in [0.5, 0.6) is 5.75 Å². The number of phenolic OH excluding ortho intramolecular Hbond substituents is 1. The molecular weight excluding hydrogens is 188 g/mol. The van der Waals surface area contributed by atoms with E-state index in [2.05, 4.69) is 0 Å². The molecule has 0 radical (unpaired) electrons. The number of nitrogens with two attached hydrogens (primary N) is 1. The van der Waals surface area contributed by atoms with Gasteiger partial charge in [-0.3, -0.25) is 0 Å². The Morgan fingerprint density at radius 1 is 1.36 bits per heavy atom. The number of fused-ring (bicyclic) bond motifs is 1. The Morgan fingerprint density at radius 2 is 2.07 bits per heavy atom. The van der Waals surface area contributed by atoms with Crippen molar-refractivity contribution in [1.29, 1.82) is 0 Å². The molecule has 1 aromatic rings. The third kappa shape index (κ3) is 1.26. The molecule has 1 aliphatic rings. The molecule has 4 heteroatoms. The zero-order chi connectivity index (χ0) is 10.3. The van der Waals surface area contributed by atoms with E-state index in [-0.39, 0.29) is 6.04 Å². The zero-order valence-electron chi connectivity index (χ0n) is 7.56. The number of aromatic hydroxyl groups is 1. The van der Waals surface area contributed by atoms with Gasteiger partial charge in [-0.1, -0.05) is 0 Å². The second-order valence-electron chi connectivity index (χ2n) is 3.59. The predicted molar refractivity (Wildman–Crippen MR) is 47.9 cm³/mol. The van der Waals surface area contributed by atoms with Crippen LogP contribution in [0.25, 0.3) is 0 Å². The van der Waals surface area contributed by atoms with E-state index < -0.39 is 17.4 Å². The van der Waals surface area contributed by atoms with Crippen LogP contribution in [0.3, 0.4) is 0 Å². The number of benzene rings is 1. The van der Waals surface area contributed by atoms with Gasteiger partial charge in [0.2, 0.25) is 5.82 Å². The Labute approximate surface area is 80.4 Å². The number of hydrogen-bond donors (Lipinski definition) is 2. The van der Waals surface area contributed by atoms with Gasteiger partial charge in [0.05, 0.1) is 0 Å². The maximum absolute atomic E-state index is 13.3. The van der Waals surface area contributed by atoms with Crippen LogP contribution in [0.4, 0.5) is 8.78 Å². The molecule has 76 valence electrons. The number of rotatable bonds is 0. The molecule has 0 amide bonds. The van der Waals surface area contributed by atoms with E-state index in [1.165, 1.54) is 6.07 Å². The van der Waals surface area contributed by atoms with Crippen molar-refractivity contribution in [3.05, 3.63) is 28.8 Å². The molecule has 0 bridgehead atoms. The molecule has 1 atom stereocenters. The van der Waals surface area contributed by atoms with E-state index in [1.54, 1.807) is 0 Å². The van der Waals surface area contributed by atoms with Crippen LogP contribution >= 0.6 is 0 Å². The average Bonchev–Trinajstić information content (AvgIpc) is 2.17. The third-order valence-corrected chi connectivity index (χ3v) is 2.66. The lowest BCUT2D eigenvalue weighted by atomic mass is 9.87. The molecule has 1 aliphatic carbocycles. The van der Waals surface area contributed by atoms with Crippen molar-refractivity contribution in [3.8, 4) is 5.75 Å². The molecule has 2 nitrogen and oxygen atoms in total. The Balaban J connectivity index is 2.63. The van der Waals surface area contributed by atoms with Crippen molar-refractivity contribution in [2.45, 2.75) is 25.3 Å². The molecule has 3 N–H and O–H groups in total. The van der Waals surface area contributed by atoms with Crippen LogP contribution in [-0.2, 0) is 6.42 Å². The molecule has 0 spiro atoms. The topological polar surface area (TPSA) is 46.2 Å². The Bertz CT molecular complexity index is 379. The molecule has 14 heavy (non-hydrogen) atoms. The third-order valence-electron chi connectivity index (χ3n) is 2.66. The van der Waals surface area contributed by atoms with E-state index in [0.717, 1.165) is 12.8 Å². The van der Waals surface area contributed by atoms with Crippen LogP contribution < -0.4 is 5.73 Å². The van der Waals surface area contributed by atoms with Crippen LogP contribution in [-0.4, -0.2) is 5.11 Å². The Hall–Kier alpha value is -1.16. The summed E-state index contributed by atoms with van der Waals surface area (Å²) in [6.45, 7) is 0. The van der Waals surface area contributed by atoms with Gasteiger partial charge >= 0.3 is 0 Å². The van der Waals surface area contributed by atoms with Gasteiger partial charge in [0.1, 0.15) is 0 Å². The smallest absolute Gasteiger partial charge is 0.200 e. The second-order valence-corrected chi connectivity index (χ2v) is 3.59. The normalized spacial score (nSPS) is 20.6. The lowest BCUT2D eigenvalue weighted by Gasteiger charge is -2.22. The van der Waals surface area contributed by atoms with Gasteiger partial charge < -0.3 is 10.8 Å². The molecule has 0 aromatic heterocycles. The van der Waals surface area contributed by atoms with Crippen molar-refractivity contribution < 1.29 is 13.9 Å². The molecule has 0 saturated heterocycles. The monoisotopic (exact) mass is 199 g/mol. The summed E-state index contributed by atoms with van der Waals surface area (Å²) in [4.78, 5) is 0. The van der Waals surface area contributed by atoms with Gasteiger partial charge in [0.15, 0.2) is 11.6 Å². The van der Waals surface area contributed by atoms with E-state index in [4.69, 9.17) is 10.8 Å². The summed E-state index contributed by atoms with van der Waals surface area (Å²) >= 11 is 0. The first-order valence-electron chi connectivity index (χ1n) is 4.56. The Kier molecular flexibility index (Phi) is 2.15. The highest BCUT2D eigenvalue weighted by molar-refractivity contribution is 5.40. The van der Waals surface area contributed by atoms with E-state index in [9.17, 15) is 8.78 Å². The first kappa shape index (κ1) is 9.40. The van der Waals surface area contributed by atoms with Gasteiger partial charge in [-0.2, -0.15) is 4.39 Å². The fourth-order valence-corrected chi connectivity index (χ4v) is 1.91. The minimum Gasteiger partial charge on any atom is -0.505 e. The number of hydrogen-bond acceptors (Lipinski definition) is 2. The number of phenols is 1. The largest absolute Gasteiger partial charge is 0.505 e. The minimum absolute atomic E-state index is 0.292. The summed E-state index contributed by atoms with van der Waals surface area (Å²) in [7, 11) is 0. The molecule has 0 fully saturated rings. The van der Waals surface area contributed by atoms with Crippen molar-refractivity contribution in [2.75, 3.05) is 0 Å². The van der Waals surface area contributed by atoms with Crippen LogP contribution in [0.2, 0.25) is 0 Å². The average molecular weight is 199 g/mol. The second kappa shape index (κ2) is 3.20. The van der Waals surface area contributed by atoms with Gasteiger partial charge in [-0.05, 0) is 36.5 Å². The summed E-state index contributed by atoms with van der Waals surface area (Å²) in [5.41, 5.74) is 6.59. The van der Waals surface area contributed by atoms with Crippen molar-refractivity contribution >= 4 is 0 Å². The fourth-order valence-electron chi connectivity index (χ4n) is 1.91. The summed E-state index contributed by atoms with van der Waals surface area (Å²) in [5, 5.41) is 9.10. The summed E-state index contributed by atoms with van der Waals surface area (Å²) in [5.74, 6) is -2.77. The highest BCUT2D eigenvalue weighted by Crippen LogP contribution is 2.34. The van der Waals surface area contributed by atoms with Gasteiger partial charge in [-0.15, -0.1) is 0 Å². The van der Waals surface area contributed by atoms with Gasteiger partial charge in [0, 0.05) is 6.04 Å². The molecule has 0 heterocycles. The zero-order valence-corrected chi connectivity index (χ0v) is 7.56. The maximum atomic E-state index is 13.3. The van der Waals surface area contributed by atoms with Crippen molar-refractivity contribution in [1.82, 2.24) is 0 Å². The quantitative estimate of drug-likeness (QED) is 0.671. The summed E-state index contributed by atoms with van der Waals surface area (Å²) < 4.78 is 26.3. The summed E-state index contributed by atoms with van der Waals surface area (Å²) in [6.07, 6.45) is 2.00. The van der Waals surface area contributed by atoms with E-state index in [1.807, 2.05) is 0 Å². The maximum Gasteiger partial charge on any atom is 0.200 e. The predicted octanol–water partition coefficient (Wildman–Crippen LogP) is 2.01. The Morgan fingerprint density at radius 3 is 2.79 bits per heavy atom. The van der Waals surface area contributed by atoms with Crippen LogP contribution in [0.1, 0.15) is 30.0 Å². The molecule has 0 unspecified atom stereocenters. The first-order chi connectivity index (χ1) is 6.61. The minimum atomic E-state index is -1.17. The highest BCUT2D eigenvalue weighted by Gasteiger charge is 2.24. The summed E-state index contributed by atoms with van der Waals surface area (Å²) in [6, 6.07) is 0.942. The van der Waals surface area contributed by atoms with Crippen LogP contribution in [0.15, 0.2) is 6.07 Å². The molecule has 0 aliphatic heterocycles. The lowest BCUT2D eigenvalue weighted by molar-refractivity contribution is 0.396. The standard InChI is InChI=1S/C10H11F2NO/c11-9-5-2-1-3-7(13)6(5)4-8(14)10(9)12/h4,7,14H,1-3,13H2/t7-/m1/s1. The number of halogens is 2. The van der Waals surface area contributed by atoms with Crippen molar-refractivity contribution in [2.24, 2.45) is 5.73 Å². The van der Waals surface area contributed by atoms with Gasteiger partial charge in [-0.25, -0.2) is 4.39 Å². The fraction of sp³-hybridized carbons (Fsp3) is 0.400. The SMILES string of the molecule is N[C@@H]1CCCc2c1cc(O)c(F)c2F. The first-order valence-corrected chi connectivity index (χ1v) is 4.56. The lowest BCUT2D eigenvalue weighted by Crippen LogP contribution is -2.19. The molecular formula is C10H11F2NO. The van der Waals surface area contributed by atoms with Crippen LogP contribution in [0, 0.1) is 11.6 Å². The van der Waals surface area contributed by atoms with Crippen molar-refractivity contribution in [3.63, 3.8) is 0 Å². The van der Waals surface area contributed by atoms with Gasteiger partial charge in [0.25, 0.3) is 0 Å². The van der Waals surface area contributed by atoms with E-state index in [0.29, 0.717) is 17.5 Å². The van der Waals surface area contributed by atoms with E-state index >= 15 is 0 Å². The highest BCUT2D eigenvalue weighted by atomic mass is 19.2. The molecule has 0 saturated carbocycles.